The summed E-state index contributed by atoms with van der Waals surface area (Å²) in [4.78, 5) is 0. The van der Waals surface area contributed by atoms with Crippen molar-refractivity contribution in [3.8, 4) is 0 Å². The van der Waals surface area contributed by atoms with E-state index in [9.17, 15) is 0 Å². The van der Waals surface area contributed by atoms with Gasteiger partial charge in [0.1, 0.15) is 0 Å². The summed E-state index contributed by atoms with van der Waals surface area (Å²) in [6.07, 6.45) is 0. The molecule has 0 saturated carbocycles. The molecule has 0 amide bonds. The molecule has 2 rings (SSSR count). The monoisotopic (exact) mass is 186 g/mol. The van der Waals surface area contributed by atoms with Gasteiger partial charge < -0.3 is 11.5 Å². The quantitative estimate of drug-likeness (QED) is 0.671. The molecule has 4 N–H and O–H groups in total. The molecule has 0 radical (unpaired) electrons. The fourth-order valence-electron chi connectivity index (χ4n) is 1.80. The molecular formula is C12H14N2. The summed E-state index contributed by atoms with van der Waals surface area (Å²) in [5.74, 6) is 0. The van der Waals surface area contributed by atoms with Crippen molar-refractivity contribution in [2.45, 2.75) is 13.5 Å². The predicted octanol–water partition coefficient (Wildman–Crippen LogP) is 2.19. The fourth-order valence-corrected chi connectivity index (χ4v) is 1.80. The van der Waals surface area contributed by atoms with Gasteiger partial charge in [-0.2, -0.15) is 0 Å². The molecule has 0 aliphatic rings. The molecule has 2 nitrogen and oxygen atoms in total. The minimum absolute atomic E-state index is 0.557. The zero-order valence-electron chi connectivity index (χ0n) is 8.25. The molecule has 2 heteroatoms. The number of benzene rings is 2. The fraction of sp³-hybridized carbons (Fsp3) is 0.167. The Balaban J connectivity index is 2.89. The molecule has 72 valence electrons. The Bertz CT molecular complexity index is 475. The third-order valence-electron chi connectivity index (χ3n) is 2.60. The summed E-state index contributed by atoms with van der Waals surface area (Å²) in [5, 5.41) is 2.27. The first-order valence-corrected chi connectivity index (χ1v) is 4.71. The lowest BCUT2D eigenvalue weighted by atomic mass is 9.99. The Hall–Kier alpha value is -1.54. The van der Waals surface area contributed by atoms with Gasteiger partial charge in [0, 0.05) is 17.6 Å². The van der Waals surface area contributed by atoms with Gasteiger partial charge in [0.15, 0.2) is 0 Å². The highest BCUT2D eigenvalue weighted by atomic mass is 14.6. The number of hydrogen-bond acceptors (Lipinski definition) is 2. The van der Waals surface area contributed by atoms with E-state index in [1.165, 1.54) is 0 Å². The number of hydrogen-bond donors (Lipinski definition) is 2. The number of rotatable bonds is 1. The molecule has 0 unspecified atom stereocenters. The van der Waals surface area contributed by atoms with Crippen molar-refractivity contribution in [2.24, 2.45) is 5.73 Å². The Labute approximate surface area is 83.5 Å². The van der Waals surface area contributed by atoms with Crippen LogP contribution in [0.2, 0.25) is 0 Å². The Morgan fingerprint density at radius 1 is 1.14 bits per heavy atom. The number of nitrogens with two attached hydrogens (primary N) is 2. The first-order valence-electron chi connectivity index (χ1n) is 4.71. The third-order valence-corrected chi connectivity index (χ3v) is 2.60. The minimum Gasteiger partial charge on any atom is -0.398 e. The van der Waals surface area contributed by atoms with Gasteiger partial charge in [-0.1, -0.05) is 30.3 Å². The highest BCUT2D eigenvalue weighted by Gasteiger charge is 2.04. The van der Waals surface area contributed by atoms with Gasteiger partial charge in [-0.15, -0.1) is 0 Å². The van der Waals surface area contributed by atoms with Gasteiger partial charge in [0.2, 0.25) is 0 Å². The Morgan fingerprint density at radius 2 is 1.79 bits per heavy atom. The molecule has 2 aromatic rings. The van der Waals surface area contributed by atoms with Gasteiger partial charge in [0.05, 0.1) is 0 Å². The summed E-state index contributed by atoms with van der Waals surface area (Å²) in [5.41, 5.74) is 14.8. The molecule has 0 aliphatic carbocycles. The molecular weight excluding hydrogens is 172 g/mol. The maximum atomic E-state index is 6.00. The number of fused-ring (bicyclic) bond motifs is 1. The number of anilines is 1. The van der Waals surface area contributed by atoms with Gasteiger partial charge >= 0.3 is 0 Å². The van der Waals surface area contributed by atoms with Crippen LogP contribution >= 0.6 is 0 Å². The number of aryl methyl sites for hydroxylation is 1. The van der Waals surface area contributed by atoms with Gasteiger partial charge in [0.25, 0.3) is 0 Å². The maximum absolute atomic E-state index is 6.00. The van der Waals surface area contributed by atoms with Crippen LogP contribution in [0, 0.1) is 6.92 Å². The molecule has 0 saturated heterocycles. The van der Waals surface area contributed by atoms with Gasteiger partial charge in [-0.25, -0.2) is 0 Å². The zero-order chi connectivity index (χ0) is 10.1. The highest BCUT2D eigenvalue weighted by molar-refractivity contribution is 5.96. The maximum Gasteiger partial charge on any atom is 0.0423 e. The van der Waals surface area contributed by atoms with Crippen molar-refractivity contribution in [1.82, 2.24) is 0 Å². The van der Waals surface area contributed by atoms with Crippen LogP contribution in [0.1, 0.15) is 11.1 Å². The number of nitrogen functional groups attached to an aromatic ring is 1. The molecule has 0 spiro atoms. The van der Waals surface area contributed by atoms with Crippen LogP contribution in [-0.4, -0.2) is 0 Å². The van der Waals surface area contributed by atoms with E-state index >= 15 is 0 Å². The molecule has 0 bridgehead atoms. The molecule has 0 fully saturated rings. The lowest BCUT2D eigenvalue weighted by Gasteiger charge is -2.09. The molecule has 0 aliphatic heterocycles. The summed E-state index contributed by atoms with van der Waals surface area (Å²) in [6.45, 7) is 2.57. The van der Waals surface area contributed by atoms with E-state index in [1.807, 2.05) is 25.1 Å². The van der Waals surface area contributed by atoms with E-state index in [0.29, 0.717) is 6.54 Å². The van der Waals surface area contributed by atoms with E-state index in [0.717, 1.165) is 27.6 Å². The van der Waals surface area contributed by atoms with Crippen molar-refractivity contribution in [1.29, 1.82) is 0 Å². The van der Waals surface area contributed by atoms with Gasteiger partial charge in [-0.3, -0.25) is 0 Å². The van der Waals surface area contributed by atoms with Crippen molar-refractivity contribution in [3.63, 3.8) is 0 Å². The van der Waals surface area contributed by atoms with Crippen LogP contribution in [-0.2, 0) is 6.54 Å². The minimum atomic E-state index is 0.557. The van der Waals surface area contributed by atoms with Crippen LogP contribution in [0.5, 0.6) is 0 Å². The van der Waals surface area contributed by atoms with E-state index in [4.69, 9.17) is 11.5 Å². The first-order chi connectivity index (χ1) is 6.74. The predicted molar refractivity (Wildman–Crippen MR) is 61.0 cm³/mol. The van der Waals surface area contributed by atoms with E-state index < -0.39 is 0 Å². The lowest BCUT2D eigenvalue weighted by molar-refractivity contribution is 1.08. The van der Waals surface area contributed by atoms with E-state index in [2.05, 4.69) is 12.1 Å². The topological polar surface area (TPSA) is 52.0 Å². The zero-order valence-corrected chi connectivity index (χ0v) is 8.25. The Morgan fingerprint density at radius 3 is 2.43 bits per heavy atom. The van der Waals surface area contributed by atoms with Crippen LogP contribution in [0.15, 0.2) is 30.3 Å². The van der Waals surface area contributed by atoms with Crippen LogP contribution in [0.3, 0.4) is 0 Å². The average Bonchev–Trinajstić information content (AvgIpc) is 2.23. The molecule has 2 aromatic carbocycles. The second-order valence-corrected chi connectivity index (χ2v) is 3.52. The summed E-state index contributed by atoms with van der Waals surface area (Å²) >= 11 is 0. The molecule has 14 heavy (non-hydrogen) atoms. The summed E-state index contributed by atoms with van der Waals surface area (Å²) in [6, 6.07) is 10.2. The van der Waals surface area contributed by atoms with Crippen molar-refractivity contribution in [2.75, 3.05) is 5.73 Å². The van der Waals surface area contributed by atoms with E-state index in [-0.39, 0.29) is 0 Å². The summed E-state index contributed by atoms with van der Waals surface area (Å²) in [7, 11) is 0. The lowest BCUT2D eigenvalue weighted by Crippen LogP contribution is -2.00. The first kappa shape index (κ1) is 9.03. The van der Waals surface area contributed by atoms with Crippen LogP contribution in [0.4, 0.5) is 5.69 Å². The summed E-state index contributed by atoms with van der Waals surface area (Å²) < 4.78 is 0. The van der Waals surface area contributed by atoms with Gasteiger partial charge in [-0.05, 0) is 23.4 Å². The largest absolute Gasteiger partial charge is 0.398 e. The normalized spacial score (nSPS) is 10.7. The second kappa shape index (κ2) is 3.31. The SMILES string of the molecule is Cc1cc(CN)c2ccccc2c1N. The molecule has 0 heterocycles. The highest BCUT2D eigenvalue weighted by Crippen LogP contribution is 2.27. The average molecular weight is 186 g/mol. The molecule has 0 atom stereocenters. The third kappa shape index (κ3) is 1.24. The van der Waals surface area contributed by atoms with Crippen LogP contribution in [0.25, 0.3) is 10.8 Å². The van der Waals surface area contributed by atoms with Crippen molar-refractivity contribution in [3.05, 3.63) is 41.5 Å². The standard InChI is InChI=1S/C12H14N2/c1-8-6-9(7-13)10-4-2-3-5-11(10)12(8)14/h2-6H,7,13-14H2,1H3. The Kier molecular flexibility index (Phi) is 2.14. The van der Waals surface area contributed by atoms with Crippen molar-refractivity contribution < 1.29 is 0 Å². The smallest absolute Gasteiger partial charge is 0.0423 e. The molecule has 0 aromatic heterocycles. The van der Waals surface area contributed by atoms with Crippen molar-refractivity contribution >= 4 is 16.5 Å². The van der Waals surface area contributed by atoms with Crippen LogP contribution < -0.4 is 11.5 Å². The second-order valence-electron chi connectivity index (χ2n) is 3.52. The van der Waals surface area contributed by atoms with E-state index in [1.54, 1.807) is 0 Å².